The number of anilines is 1. The van der Waals surface area contributed by atoms with Crippen LogP contribution in [0.15, 0.2) is 48.5 Å². The number of hydrogen-bond acceptors (Lipinski definition) is 2. The Labute approximate surface area is 117 Å². The lowest BCUT2D eigenvalue weighted by Gasteiger charge is -2.09. The van der Waals surface area contributed by atoms with Crippen molar-refractivity contribution >= 4 is 23.1 Å². The molecule has 1 heterocycles. The highest BCUT2D eigenvalue weighted by molar-refractivity contribution is 6.30. The molecule has 1 atom stereocenters. The summed E-state index contributed by atoms with van der Waals surface area (Å²) in [5, 5.41) is 3.96. The Balaban J connectivity index is 1.79. The smallest absolute Gasteiger partial charge is 0.146 e. The molecule has 0 aliphatic carbocycles. The Morgan fingerprint density at radius 1 is 1.21 bits per heavy atom. The molecule has 0 fully saturated rings. The van der Waals surface area contributed by atoms with Crippen molar-refractivity contribution < 1.29 is 4.79 Å². The lowest BCUT2D eigenvalue weighted by molar-refractivity contribution is -0.119. The van der Waals surface area contributed by atoms with Gasteiger partial charge in [-0.1, -0.05) is 41.9 Å². The first kappa shape index (κ1) is 12.2. The molecule has 3 heteroatoms. The molecule has 0 radical (unpaired) electrons. The van der Waals surface area contributed by atoms with Crippen LogP contribution in [0.4, 0.5) is 5.69 Å². The predicted molar refractivity (Wildman–Crippen MR) is 77.8 cm³/mol. The maximum Gasteiger partial charge on any atom is 0.146 e. The number of halogens is 1. The van der Waals surface area contributed by atoms with E-state index in [1.54, 1.807) is 0 Å². The second kappa shape index (κ2) is 5.06. The Bertz CT molecular complexity index is 624. The Hall–Kier alpha value is -1.80. The first-order valence-corrected chi connectivity index (χ1v) is 6.72. The highest BCUT2D eigenvalue weighted by Gasteiger charge is 2.27. The Morgan fingerprint density at radius 2 is 2.05 bits per heavy atom. The predicted octanol–water partition coefficient (Wildman–Crippen LogP) is 3.66. The van der Waals surface area contributed by atoms with Crippen LogP contribution in [-0.2, 0) is 11.2 Å². The molecule has 0 bridgehead atoms. The van der Waals surface area contributed by atoms with Crippen molar-refractivity contribution in [2.24, 2.45) is 0 Å². The van der Waals surface area contributed by atoms with E-state index in [0.29, 0.717) is 18.0 Å². The van der Waals surface area contributed by atoms with Crippen molar-refractivity contribution in [2.45, 2.75) is 12.3 Å². The zero-order chi connectivity index (χ0) is 13.2. The summed E-state index contributed by atoms with van der Waals surface area (Å²) in [7, 11) is 0. The van der Waals surface area contributed by atoms with E-state index < -0.39 is 0 Å². The quantitative estimate of drug-likeness (QED) is 0.923. The number of hydrogen-bond donors (Lipinski definition) is 1. The fourth-order valence-corrected chi connectivity index (χ4v) is 2.76. The number of rotatable bonds is 3. The zero-order valence-electron chi connectivity index (χ0n) is 10.4. The van der Waals surface area contributed by atoms with Gasteiger partial charge in [0.2, 0.25) is 0 Å². The Morgan fingerprint density at radius 3 is 2.89 bits per heavy atom. The van der Waals surface area contributed by atoms with E-state index in [1.807, 2.05) is 48.5 Å². The third kappa shape index (κ3) is 2.49. The van der Waals surface area contributed by atoms with Crippen molar-refractivity contribution in [3.05, 3.63) is 64.7 Å². The highest BCUT2D eigenvalue weighted by Crippen LogP contribution is 2.32. The summed E-state index contributed by atoms with van der Waals surface area (Å²) < 4.78 is 0. The summed E-state index contributed by atoms with van der Waals surface area (Å²) in [6.45, 7) is 0.693. The standard InChI is InChI=1S/C16H14ClNO/c17-12-5-3-4-11(8-12)9-16(19)14-10-18-15-7-2-1-6-13(14)15/h1-8,14,18H,9-10H2. The van der Waals surface area contributed by atoms with E-state index >= 15 is 0 Å². The molecule has 1 N–H and O–H groups in total. The van der Waals surface area contributed by atoms with E-state index in [-0.39, 0.29) is 11.7 Å². The van der Waals surface area contributed by atoms with Gasteiger partial charge in [0, 0.05) is 23.7 Å². The molecular formula is C16H14ClNO. The fourth-order valence-electron chi connectivity index (χ4n) is 2.54. The van der Waals surface area contributed by atoms with Crippen molar-refractivity contribution in [1.29, 1.82) is 0 Å². The first-order chi connectivity index (χ1) is 9.24. The fraction of sp³-hybridized carbons (Fsp3) is 0.188. The summed E-state index contributed by atoms with van der Waals surface area (Å²) in [6, 6.07) is 15.5. The van der Waals surface area contributed by atoms with Gasteiger partial charge in [-0.05, 0) is 29.3 Å². The maximum absolute atomic E-state index is 12.4. The summed E-state index contributed by atoms with van der Waals surface area (Å²) >= 11 is 5.95. The molecule has 1 unspecified atom stereocenters. The molecule has 0 amide bonds. The molecule has 1 aliphatic rings. The molecule has 0 saturated carbocycles. The molecule has 0 aromatic heterocycles. The van der Waals surface area contributed by atoms with Gasteiger partial charge in [-0.25, -0.2) is 0 Å². The van der Waals surface area contributed by atoms with Gasteiger partial charge >= 0.3 is 0 Å². The van der Waals surface area contributed by atoms with Gasteiger partial charge in [-0.15, -0.1) is 0 Å². The van der Waals surface area contributed by atoms with Gasteiger partial charge in [-0.3, -0.25) is 4.79 Å². The normalized spacial score (nSPS) is 16.8. The maximum atomic E-state index is 12.4. The topological polar surface area (TPSA) is 29.1 Å². The van der Waals surface area contributed by atoms with Crippen LogP contribution >= 0.6 is 11.6 Å². The molecule has 2 aromatic carbocycles. The molecule has 0 spiro atoms. The molecular weight excluding hydrogens is 258 g/mol. The van der Waals surface area contributed by atoms with E-state index in [0.717, 1.165) is 16.8 Å². The van der Waals surface area contributed by atoms with Crippen LogP contribution in [0, 0.1) is 0 Å². The van der Waals surface area contributed by atoms with Crippen LogP contribution < -0.4 is 5.32 Å². The summed E-state index contributed by atoms with van der Waals surface area (Å²) in [5.41, 5.74) is 3.16. The van der Waals surface area contributed by atoms with Crippen LogP contribution in [0.3, 0.4) is 0 Å². The highest BCUT2D eigenvalue weighted by atomic mass is 35.5. The first-order valence-electron chi connectivity index (χ1n) is 6.34. The van der Waals surface area contributed by atoms with Gasteiger partial charge in [0.05, 0.1) is 5.92 Å². The lowest BCUT2D eigenvalue weighted by Crippen LogP contribution is -2.16. The second-order valence-electron chi connectivity index (χ2n) is 4.79. The number of carbonyl (C=O) groups excluding carboxylic acids is 1. The van der Waals surface area contributed by atoms with Crippen molar-refractivity contribution in [3.63, 3.8) is 0 Å². The number of benzene rings is 2. The number of carbonyl (C=O) groups is 1. The number of nitrogens with one attached hydrogen (secondary N) is 1. The minimum absolute atomic E-state index is 0.0461. The van der Waals surface area contributed by atoms with Crippen molar-refractivity contribution in [2.75, 3.05) is 11.9 Å². The average molecular weight is 272 g/mol. The van der Waals surface area contributed by atoms with Crippen molar-refractivity contribution in [1.82, 2.24) is 0 Å². The van der Waals surface area contributed by atoms with Gasteiger partial charge in [0.1, 0.15) is 5.78 Å². The molecule has 2 aromatic rings. The monoisotopic (exact) mass is 271 g/mol. The summed E-state index contributed by atoms with van der Waals surface area (Å²) in [4.78, 5) is 12.4. The number of Topliss-reactive ketones (excluding diaryl/α,β-unsaturated/α-hetero) is 1. The number of ketones is 1. The van der Waals surface area contributed by atoms with E-state index in [4.69, 9.17) is 11.6 Å². The van der Waals surface area contributed by atoms with E-state index in [2.05, 4.69) is 5.32 Å². The molecule has 3 rings (SSSR count). The van der Waals surface area contributed by atoms with Gasteiger partial charge in [0.25, 0.3) is 0 Å². The Kier molecular flexibility index (Phi) is 3.26. The third-order valence-corrected chi connectivity index (χ3v) is 3.72. The SMILES string of the molecule is O=C(Cc1cccc(Cl)c1)C1CNc2ccccc21. The number of fused-ring (bicyclic) bond motifs is 1. The van der Waals surface area contributed by atoms with Crippen LogP contribution in [-0.4, -0.2) is 12.3 Å². The third-order valence-electron chi connectivity index (χ3n) is 3.49. The van der Waals surface area contributed by atoms with E-state index in [1.165, 1.54) is 0 Å². The lowest BCUT2D eigenvalue weighted by atomic mass is 9.93. The molecule has 19 heavy (non-hydrogen) atoms. The van der Waals surface area contributed by atoms with Gasteiger partial charge in [0.15, 0.2) is 0 Å². The minimum atomic E-state index is -0.0461. The number of para-hydroxylation sites is 1. The molecule has 2 nitrogen and oxygen atoms in total. The largest absolute Gasteiger partial charge is 0.384 e. The summed E-state index contributed by atoms with van der Waals surface area (Å²) in [5.74, 6) is 0.190. The van der Waals surface area contributed by atoms with Gasteiger partial charge in [-0.2, -0.15) is 0 Å². The van der Waals surface area contributed by atoms with Crippen LogP contribution in [0.25, 0.3) is 0 Å². The molecule has 1 aliphatic heterocycles. The van der Waals surface area contributed by atoms with Crippen LogP contribution in [0.1, 0.15) is 17.0 Å². The van der Waals surface area contributed by atoms with Crippen molar-refractivity contribution in [3.8, 4) is 0 Å². The average Bonchev–Trinajstić information content (AvgIpc) is 2.82. The second-order valence-corrected chi connectivity index (χ2v) is 5.23. The molecule has 0 saturated heterocycles. The van der Waals surface area contributed by atoms with Crippen LogP contribution in [0.2, 0.25) is 5.02 Å². The minimum Gasteiger partial charge on any atom is -0.384 e. The summed E-state index contributed by atoms with van der Waals surface area (Å²) in [6.07, 6.45) is 0.432. The zero-order valence-corrected chi connectivity index (χ0v) is 11.2. The molecule has 96 valence electrons. The van der Waals surface area contributed by atoms with E-state index in [9.17, 15) is 4.79 Å². The van der Waals surface area contributed by atoms with Crippen LogP contribution in [0.5, 0.6) is 0 Å². The van der Waals surface area contributed by atoms with Gasteiger partial charge < -0.3 is 5.32 Å².